The third-order valence-electron chi connectivity index (χ3n) is 5.67. The van der Waals surface area contributed by atoms with Crippen molar-refractivity contribution in [1.29, 1.82) is 0 Å². The van der Waals surface area contributed by atoms with Gasteiger partial charge in [-0.3, -0.25) is 4.79 Å². The maximum absolute atomic E-state index is 13.1. The molecule has 10 heteroatoms. The molecule has 148 valence electrons. The van der Waals surface area contributed by atoms with Gasteiger partial charge in [0.25, 0.3) is 10.0 Å². The Kier molecular flexibility index (Phi) is 4.52. The highest BCUT2D eigenvalue weighted by molar-refractivity contribution is 7.89. The first-order valence-electron chi connectivity index (χ1n) is 9.10. The van der Waals surface area contributed by atoms with Crippen molar-refractivity contribution in [2.45, 2.75) is 48.8 Å². The molecule has 1 unspecified atom stereocenters. The molecule has 1 atom stereocenters. The number of amides is 1. The zero-order valence-electron chi connectivity index (χ0n) is 14.8. The summed E-state index contributed by atoms with van der Waals surface area (Å²) < 4.78 is 37.8. The molecule has 9 nitrogen and oxygen atoms in total. The zero-order valence-corrected chi connectivity index (χ0v) is 15.6. The van der Waals surface area contributed by atoms with E-state index in [-0.39, 0.29) is 18.1 Å². The molecular formula is C17H22N2O7S. The summed E-state index contributed by atoms with van der Waals surface area (Å²) in [6.45, 7) is 1.62. The number of nitrogens with zero attached hydrogens (tertiary/aromatic N) is 2. The van der Waals surface area contributed by atoms with E-state index in [1.165, 1.54) is 0 Å². The summed E-state index contributed by atoms with van der Waals surface area (Å²) in [5, 5.41) is 8.50. The van der Waals surface area contributed by atoms with Gasteiger partial charge in [-0.1, -0.05) is 0 Å². The minimum atomic E-state index is -4.08. The lowest BCUT2D eigenvalue weighted by Gasteiger charge is -2.49. The SMILES string of the molecule is O=C(O)c1ccc(S(=O)(=O)N2CCCC2C(=O)N2CCOC3(CCC3)C2)o1. The predicted molar refractivity (Wildman–Crippen MR) is 91.7 cm³/mol. The Morgan fingerprint density at radius 2 is 1.96 bits per heavy atom. The Labute approximate surface area is 156 Å². The van der Waals surface area contributed by atoms with Crippen molar-refractivity contribution < 1.29 is 32.3 Å². The van der Waals surface area contributed by atoms with E-state index >= 15 is 0 Å². The predicted octanol–water partition coefficient (Wildman–Crippen LogP) is 0.912. The third kappa shape index (κ3) is 3.15. The maximum Gasteiger partial charge on any atom is 0.371 e. The van der Waals surface area contributed by atoms with Gasteiger partial charge in [-0.2, -0.15) is 4.31 Å². The molecule has 0 radical (unpaired) electrons. The second-order valence-corrected chi connectivity index (χ2v) is 9.16. The molecule has 1 aliphatic carbocycles. The molecule has 4 rings (SSSR count). The zero-order chi connectivity index (χ0) is 19.2. The van der Waals surface area contributed by atoms with Crippen LogP contribution < -0.4 is 0 Å². The molecule has 1 aromatic rings. The number of aromatic carboxylic acids is 1. The lowest BCUT2D eigenvalue weighted by atomic mass is 9.78. The van der Waals surface area contributed by atoms with E-state index in [1.54, 1.807) is 4.90 Å². The first kappa shape index (κ1) is 18.5. The molecule has 27 heavy (non-hydrogen) atoms. The molecule has 1 spiro atoms. The van der Waals surface area contributed by atoms with Crippen LogP contribution in [0.5, 0.6) is 0 Å². The molecule has 3 aliphatic rings. The van der Waals surface area contributed by atoms with Gasteiger partial charge >= 0.3 is 5.97 Å². The highest BCUT2D eigenvalue weighted by Crippen LogP contribution is 2.39. The molecule has 0 bridgehead atoms. The maximum atomic E-state index is 13.1. The molecule has 0 aromatic carbocycles. The van der Waals surface area contributed by atoms with Crippen molar-refractivity contribution >= 4 is 21.9 Å². The number of hydrogen-bond acceptors (Lipinski definition) is 6. The van der Waals surface area contributed by atoms with Crippen LogP contribution in [0.3, 0.4) is 0 Å². The van der Waals surface area contributed by atoms with E-state index in [0.717, 1.165) is 35.7 Å². The minimum Gasteiger partial charge on any atom is -0.475 e. The van der Waals surface area contributed by atoms with Crippen LogP contribution in [-0.4, -0.2) is 72.5 Å². The largest absolute Gasteiger partial charge is 0.475 e. The number of carboxylic acid groups (broad SMARTS) is 1. The van der Waals surface area contributed by atoms with Crippen LogP contribution in [0.2, 0.25) is 0 Å². The van der Waals surface area contributed by atoms with Gasteiger partial charge in [-0.15, -0.1) is 0 Å². The van der Waals surface area contributed by atoms with E-state index in [0.29, 0.717) is 32.5 Å². The van der Waals surface area contributed by atoms with Crippen LogP contribution in [-0.2, 0) is 19.6 Å². The number of sulfonamides is 1. The van der Waals surface area contributed by atoms with E-state index in [9.17, 15) is 18.0 Å². The summed E-state index contributed by atoms with van der Waals surface area (Å²) in [7, 11) is -4.08. The number of rotatable bonds is 4. The Balaban J connectivity index is 1.54. The van der Waals surface area contributed by atoms with Crippen LogP contribution in [0.25, 0.3) is 0 Å². The van der Waals surface area contributed by atoms with Gasteiger partial charge in [0.1, 0.15) is 6.04 Å². The van der Waals surface area contributed by atoms with Crippen LogP contribution in [0.4, 0.5) is 0 Å². The van der Waals surface area contributed by atoms with Gasteiger partial charge in [0.2, 0.25) is 16.8 Å². The first-order chi connectivity index (χ1) is 12.8. The smallest absolute Gasteiger partial charge is 0.371 e. The molecule has 1 amide bonds. The normalized spacial score (nSPS) is 25.5. The summed E-state index contributed by atoms with van der Waals surface area (Å²) in [5.74, 6) is -2.00. The Bertz CT molecular complexity index is 858. The quantitative estimate of drug-likeness (QED) is 0.801. The van der Waals surface area contributed by atoms with Gasteiger partial charge in [0.05, 0.1) is 12.2 Å². The lowest BCUT2D eigenvalue weighted by Crippen LogP contribution is -2.59. The van der Waals surface area contributed by atoms with Crippen molar-refractivity contribution in [1.82, 2.24) is 9.21 Å². The number of morpholine rings is 1. The molecule has 2 aliphatic heterocycles. The van der Waals surface area contributed by atoms with E-state index in [4.69, 9.17) is 14.3 Å². The topological polar surface area (TPSA) is 117 Å². The Morgan fingerprint density at radius 3 is 2.59 bits per heavy atom. The van der Waals surface area contributed by atoms with Gasteiger partial charge in [-0.05, 0) is 44.2 Å². The standard InChI is InChI=1S/C17H22N2O7S/c20-15(18-9-10-25-17(11-18)6-2-7-17)12-3-1-8-19(12)27(23,24)14-5-4-13(26-14)16(21)22/h4-5,12H,1-3,6-11H2,(H,21,22). The lowest BCUT2D eigenvalue weighted by molar-refractivity contribution is -0.169. The first-order valence-corrected chi connectivity index (χ1v) is 10.5. The molecule has 1 N–H and O–H groups in total. The average molecular weight is 398 g/mol. The molecule has 3 fully saturated rings. The second kappa shape index (κ2) is 6.61. The molecule has 1 aromatic heterocycles. The van der Waals surface area contributed by atoms with E-state index in [1.807, 2.05) is 0 Å². The number of ether oxygens (including phenoxy) is 1. The van der Waals surface area contributed by atoms with Gasteiger partial charge in [0, 0.05) is 19.6 Å². The van der Waals surface area contributed by atoms with Crippen LogP contribution in [0, 0.1) is 0 Å². The second-order valence-electron chi connectivity index (χ2n) is 7.34. The van der Waals surface area contributed by atoms with Gasteiger partial charge in [-0.25, -0.2) is 13.2 Å². The fourth-order valence-electron chi connectivity index (χ4n) is 4.08. The van der Waals surface area contributed by atoms with Gasteiger partial charge < -0.3 is 19.2 Å². The monoisotopic (exact) mass is 398 g/mol. The van der Waals surface area contributed by atoms with Crippen molar-refractivity contribution in [2.75, 3.05) is 26.2 Å². The summed E-state index contributed by atoms with van der Waals surface area (Å²) in [6, 6.07) is 1.44. The summed E-state index contributed by atoms with van der Waals surface area (Å²) in [5.41, 5.74) is -0.256. The van der Waals surface area contributed by atoms with Crippen LogP contribution in [0.1, 0.15) is 42.7 Å². The van der Waals surface area contributed by atoms with Crippen molar-refractivity contribution in [3.63, 3.8) is 0 Å². The Hall–Kier alpha value is -1.91. The van der Waals surface area contributed by atoms with E-state index < -0.39 is 32.9 Å². The van der Waals surface area contributed by atoms with E-state index in [2.05, 4.69) is 0 Å². The van der Waals surface area contributed by atoms with Gasteiger partial charge in [0.15, 0.2) is 0 Å². The van der Waals surface area contributed by atoms with Crippen molar-refractivity contribution in [2.24, 2.45) is 0 Å². The highest BCUT2D eigenvalue weighted by atomic mass is 32.2. The Morgan fingerprint density at radius 1 is 1.19 bits per heavy atom. The third-order valence-corrected chi connectivity index (χ3v) is 7.45. The minimum absolute atomic E-state index is 0.206. The number of carbonyl (C=O) groups is 2. The molecule has 1 saturated carbocycles. The summed E-state index contributed by atoms with van der Waals surface area (Å²) in [6.07, 6.45) is 3.94. The van der Waals surface area contributed by atoms with Crippen molar-refractivity contribution in [3.05, 3.63) is 17.9 Å². The number of hydrogen-bond donors (Lipinski definition) is 1. The summed E-state index contributed by atoms with van der Waals surface area (Å²) in [4.78, 5) is 25.7. The van der Waals surface area contributed by atoms with Crippen LogP contribution in [0.15, 0.2) is 21.6 Å². The fourth-order valence-corrected chi connectivity index (χ4v) is 5.65. The highest BCUT2D eigenvalue weighted by Gasteiger charge is 2.47. The fraction of sp³-hybridized carbons (Fsp3) is 0.647. The number of furan rings is 1. The molecule has 2 saturated heterocycles. The van der Waals surface area contributed by atoms with Crippen LogP contribution >= 0.6 is 0 Å². The average Bonchev–Trinajstić information content (AvgIpc) is 3.29. The molecular weight excluding hydrogens is 376 g/mol. The number of carbonyl (C=O) groups excluding carboxylic acids is 1. The molecule has 3 heterocycles. The number of carboxylic acids is 1. The van der Waals surface area contributed by atoms with Crippen molar-refractivity contribution in [3.8, 4) is 0 Å². The summed E-state index contributed by atoms with van der Waals surface area (Å²) >= 11 is 0.